The molecule has 6 nitrogen and oxygen atoms in total. The van der Waals surface area contributed by atoms with Crippen LogP contribution in [0.3, 0.4) is 0 Å². The minimum absolute atomic E-state index is 0.194. The standard InChI is InChI=1S/C25H30N2O4/c1-3-26-24(28)25(13-17-7-5-4-6-8-17)14-19-9-10-22(25)27(19)15-18-11-20(29-2)23-21(12-18)30-16-31-23/h4-8,11-12,19,22H,3,9-10,13-16H2,1-2H3,(H,26,28)/t19-,22+,25+/m1/s1. The van der Waals surface area contributed by atoms with Gasteiger partial charge in [0.05, 0.1) is 12.5 Å². The Morgan fingerprint density at radius 3 is 2.81 bits per heavy atom. The van der Waals surface area contributed by atoms with E-state index in [1.165, 1.54) is 5.56 Å². The summed E-state index contributed by atoms with van der Waals surface area (Å²) in [6.07, 6.45) is 3.88. The van der Waals surface area contributed by atoms with E-state index in [2.05, 4.69) is 34.5 Å². The van der Waals surface area contributed by atoms with Crippen molar-refractivity contribution in [1.29, 1.82) is 0 Å². The zero-order valence-corrected chi connectivity index (χ0v) is 18.2. The number of rotatable bonds is 7. The molecule has 0 saturated carbocycles. The maximum absolute atomic E-state index is 13.4. The van der Waals surface area contributed by atoms with Crippen LogP contribution in [0.4, 0.5) is 0 Å². The van der Waals surface area contributed by atoms with Gasteiger partial charge in [0.15, 0.2) is 11.5 Å². The molecule has 6 heteroatoms. The van der Waals surface area contributed by atoms with E-state index in [1.807, 2.05) is 25.1 Å². The summed E-state index contributed by atoms with van der Waals surface area (Å²) in [5.41, 5.74) is 1.97. The molecule has 3 aliphatic heterocycles. The second-order valence-electron chi connectivity index (χ2n) is 8.83. The molecular formula is C25H30N2O4. The Morgan fingerprint density at radius 2 is 2.03 bits per heavy atom. The van der Waals surface area contributed by atoms with E-state index in [4.69, 9.17) is 14.2 Å². The first-order valence-corrected chi connectivity index (χ1v) is 11.2. The van der Waals surface area contributed by atoms with Crippen molar-refractivity contribution in [2.24, 2.45) is 5.41 Å². The molecule has 0 aromatic heterocycles. The highest BCUT2D eigenvalue weighted by Gasteiger charge is 2.59. The predicted molar refractivity (Wildman–Crippen MR) is 117 cm³/mol. The average molecular weight is 423 g/mol. The molecule has 0 unspecified atom stereocenters. The first kappa shape index (κ1) is 20.2. The van der Waals surface area contributed by atoms with Gasteiger partial charge in [-0.25, -0.2) is 0 Å². The molecule has 0 radical (unpaired) electrons. The van der Waals surface area contributed by atoms with Crippen LogP contribution < -0.4 is 19.5 Å². The Kier molecular flexibility index (Phi) is 5.26. The number of nitrogens with one attached hydrogen (secondary N) is 1. The lowest BCUT2D eigenvalue weighted by atomic mass is 9.69. The number of ether oxygens (including phenoxy) is 3. The molecule has 2 fully saturated rings. The Morgan fingerprint density at radius 1 is 1.19 bits per heavy atom. The van der Waals surface area contributed by atoms with Crippen LogP contribution in [0.1, 0.15) is 37.3 Å². The largest absolute Gasteiger partial charge is 0.493 e. The van der Waals surface area contributed by atoms with Crippen molar-refractivity contribution >= 4 is 5.91 Å². The quantitative estimate of drug-likeness (QED) is 0.740. The minimum atomic E-state index is -0.388. The molecule has 3 aliphatic rings. The van der Waals surface area contributed by atoms with Crippen molar-refractivity contribution in [3.05, 3.63) is 53.6 Å². The van der Waals surface area contributed by atoms with Crippen molar-refractivity contribution < 1.29 is 19.0 Å². The van der Waals surface area contributed by atoms with Gasteiger partial charge < -0.3 is 19.5 Å². The van der Waals surface area contributed by atoms with E-state index < -0.39 is 0 Å². The Balaban J connectivity index is 1.44. The molecule has 1 N–H and O–H groups in total. The molecule has 2 bridgehead atoms. The zero-order chi connectivity index (χ0) is 21.4. The average Bonchev–Trinajstić information content (AvgIpc) is 3.48. The van der Waals surface area contributed by atoms with Crippen LogP contribution >= 0.6 is 0 Å². The van der Waals surface area contributed by atoms with Gasteiger partial charge in [0.1, 0.15) is 0 Å². The number of fused-ring (bicyclic) bond motifs is 3. The van der Waals surface area contributed by atoms with E-state index in [-0.39, 0.29) is 24.2 Å². The van der Waals surface area contributed by atoms with E-state index in [9.17, 15) is 4.79 Å². The minimum Gasteiger partial charge on any atom is -0.493 e. The molecule has 2 saturated heterocycles. The third-order valence-corrected chi connectivity index (χ3v) is 7.12. The third-order valence-electron chi connectivity index (χ3n) is 7.12. The summed E-state index contributed by atoms with van der Waals surface area (Å²) in [4.78, 5) is 16.0. The summed E-state index contributed by atoms with van der Waals surface area (Å²) < 4.78 is 16.7. The van der Waals surface area contributed by atoms with Crippen molar-refractivity contribution in [3.63, 3.8) is 0 Å². The first-order chi connectivity index (χ1) is 15.1. The van der Waals surface area contributed by atoms with Crippen LogP contribution in [-0.4, -0.2) is 43.3 Å². The van der Waals surface area contributed by atoms with Crippen LogP contribution in [-0.2, 0) is 17.8 Å². The van der Waals surface area contributed by atoms with Crippen molar-refractivity contribution in [3.8, 4) is 17.2 Å². The fourth-order valence-corrected chi connectivity index (χ4v) is 5.84. The van der Waals surface area contributed by atoms with Gasteiger partial charge in [-0.3, -0.25) is 9.69 Å². The summed E-state index contributed by atoms with van der Waals surface area (Å²) in [7, 11) is 1.65. The van der Waals surface area contributed by atoms with Crippen molar-refractivity contribution in [1.82, 2.24) is 10.2 Å². The monoisotopic (exact) mass is 422 g/mol. The molecule has 31 heavy (non-hydrogen) atoms. The second-order valence-corrected chi connectivity index (χ2v) is 8.83. The second kappa shape index (κ2) is 8.08. The summed E-state index contributed by atoms with van der Waals surface area (Å²) in [5.74, 6) is 2.31. The maximum Gasteiger partial charge on any atom is 0.231 e. The van der Waals surface area contributed by atoms with Crippen LogP contribution in [0, 0.1) is 5.41 Å². The summed E-state index contributed by atoms with van der Waals surface area (Å²) in [6, 6.07) is 15.1. The summed E-state index contributed by atoms with van der Waals surface area (Å²) in [6.45, 7) is 3.66. The van der Waals surface area contributed by atoms with Gasteiger partial charge in [-0.2, -0.15) is 0 Å². The molecule has 2 aromatic carbocycles. The van der Waals surface area contributed by atoms with Crippen LogP contribution in [0.5, 0.6) is 17.2 Å². The fraction of sp³-hybridized carbons (Fsp3) is 0.480. The Bertz CT molecular complexity index is 963. The molecule has 3 atom stereocenters. The summed E-state index contributed by atoms with van der Waals surface area (Å²) in [5, 5.41) is 3.15. The van der Waals surface area contributed by atoms with Gasteiger partial charge in [-0.15, -0.1) is 0 Å². The molecule has 3 heterocycles. The number of amides is 1. The topological polar surface area (TPSA) is 60.0 Å². The molecule has 5 rings (SSSR count). The highest BCUT2D eigenvalue weighted by Crippen LogP contribution is 2.53. The number of carbonyl (C=O) groups is 1. The van der Waals surface area contributed by atoms with E-state index in [0.717, 1.165) is 43.5 Å². The van der Waals surface area contributed by atoms with Crippen LogP contribution in [0.2, 0.25) is 0 Å². The lowest BCUT2D eigenvalue weighted by Crippen LogP contribution is -2.50. The van der Waals surface area contributed by atoms with Gasteiger partial charge in [0.25, 0.3) is 0 Å². The number of methoxy groups -OCH3 is 1. The van der Waals surface area contributed by atoms with E-state index >= 15 is 0 Å². The van der Waals surface area contributed by atoms with Crippen LogP contribution in [0.25, 0.3) is 0 Å². The van der Waals surface area contributed by atoms with Crippen LogP contribution in [0.15, 0.2) is 42.5 Å². The number of nitrogens with zero attached hydrogens (tertiary/aromatic N) is 1. The van der Waals surface area contributed by atoms with E-state index in [1.54, 1.807) is 7.11 Å². The molecular weight excluding hydrogens is 392 g/mol. The number of benzene rings is 2. The molecule has 1 amide bonds. The van der Waals surface area contributed by atoms with Crippen molar-refractivity contribution in [2.75, 3.05) is 20.4 Å². The first-order valence-electron chi connectivity index (χ1n) is 11.2. The fourth-order valence-electron chi connectivity index (χ4n) is 5.84. The number of hydrogen-bond donors (Lipinski definition) is 1. The zero-order valence-electron chi connectivity index (χ0n) is 18.2. The van der Waals surface area contributed by atoms with Gasteiger partial charge in [-0.1, -0.05) is 30.3 Å². The number of carbonyl (C=O) groups excluding carboxylic acids is 1. The van der Waals surface area contributed by atoms with Gasteiger partial charge >= 0.3 is 0 Å². The SMILES string of the molecule is CCNC(=O)[C@@]1(Cc2ccccc2)C[C@H]2CC[C@@H]1N2Cc1cc(OC)c2c(c1)OCO2. The number of hydrogen-bond acceptors (Lipinski definition) is 5. The predicted octanol–water partition coefficient (Wildman–Crippen LogP) is 3.53. The van der Waals surface area contributed by atoms with E-state index in [0.29, 0.717) is 24.1 Å². The van der Waals surface area contributed by atoms with Gasteiger partial charge in [0.2, 0.25) is 18.4 Å². The highest BCUT2D eigenvalue weighted by molar-refractivity contribution is 5.84. The van der Waals surface area contributed by atoms with Gasteiger partial charge in [-0.05, 0) is 55.9 Å². The van der Waals surface area contributed by atoms with Gasteiger partial charge in [0, 0.05) is 25.2 Å². The molecule has 0 aliphatic carbocycles. The highest BCUT2D eigenvalue weighted by atomic mass is 16.7. The molecule has 0 spiro atoms. The Labute approximate surface area is 183 Å². The normalized spacial score (nSPS) is 26.3. The Hall–Kier alpha value is -2.73. The summed E-state index contributed by atoms with van der Waals surface area (Å²) >= 11 is 0. The third kappa shape index (κ3) is 3.43. The smallest absolute Gasteiger partial charge is 0.231 e. The van der Waals surface area contributed by atoms with Crippen molar-refractivity contribution in [2.45, 2.75) is 51.2 Å². The lowest BCUT2D eigenvalue weighted by Gasteiger charge is -2.36. The maximum atomic E-state index is 13.4. The molecule has 164 valence electrons. The lowest BCUT2D eigenvalue weighted by molar-refractivity contribution is -0.132. The molecule has 2 aromatic rings.